The number of aromatic hydroxyl groups is 2. The van der Waals surface area contributed by atoms with Gasteiger partial charge in [0.2, 0.25) is 0 Å². The molecule has 0 heterocycles. The van der Waals surface area contributed by atoms with Gasteiger partial charge in [-0.1, -0.05) is 36.4 Å². The van der Waals surface area contributed by atoms with E-state index in [0.29, 0.717) is 36.8 Å². The Morgan fingerprint density at radius 1 is 0.594 bits per heavy atom. The molecule has 2 aromatic carbocycles. The van der Waals surface area contributed by atoms with E-state index in [9.17, 15) is 10.2 Å². The fourth-order valence-electron chi connectivity index (χ4n) is 3.29. The molecule has 32 heavy (non-hydrogen) atoms. The summed E-state index contributed by atoms with van der Waals surface area (Å²) in [7, 11) is 0. The summed E-state index contributed by atoms with van der Waals surface area (Å²) in [5.41, 5.74) is 4.94. The third kappa shape index (κ3) is 6.81. The highest BCUT2D eigenvalue weighted by Gasteiger charge is 2.08. The molecule has 0 fully saturated rings. The maximum atomic E-state index is 10.5. The third-order valence-electron chi connectivity index (χ3n) is 4.71. The SMILES string of the molecule is C=CCc1cc(\C=N/C=C/N=C\c2cc(CC=C)cc(CC=C)c2O)c(O)c(CC=C)c1. The van der Waals surface area contributed by atoms with Crippen LogP contribution in [0.4, 0.5) is 0 Å². The molecule has 164 valence electrons. The second-order valence-corrected chi connectivity index (χ2v) is 7.21. The molecule has 0 saturated heterocycles. The van der Waals surface area contributed by atoms with Gasteiger partial charge >= 0.3 is 0 Å². The van der Waals surface area contributed by atoms with Gasteiger partial charge in [0.1, 0.15) is 11.5 Å². The standard InChI is InChI=1S/C28H30N2O2/c1-5-9-21-15-23(11-7-3)27(31)25(17-21)19-29-13-14-30-20-26-18-22(10-6-2)16-24(12-8-4)28(26)32/h5-8,13-20,31-32H,1-4,9-12H2/b14-13+,29-19-,30-20-. The van der Waals surface area contributed by atoms with E-state index in [4.69, 9.17) is 0 Å². The molecule has 0 amide bonds. The molecule has 4 nitrogen and oxygen atoms in total. The summed E-state index contributed by atoms with van der Waals surface area (Å²) in [6.45, 7) is 15.0. The summed E-state index contributed by atoms with van der Waals surface area (Å²) in [6.07, 6.45) is 15.9. The smallest absolute Gasteiger partial charge is 0.127 e. The Balaban J connectivity index is 2.20. The van der Waals surface area contributed by atoms with Crippen LogP contribution in [-0.2, 0) is 25.7 Å². The number of phenols is 2. The monoisotopic (exact) mass is 426 g/mol. The molecular formula is C28H30N2O2. The van der Waals surface area contributed by atoms with Gasteiger partial charge in [-0.05, 0) is 60.1 Å². The second-order valence-electron chi connectivity index (χ2n) is 7.21. The summed E-state index contributed by atoms with van der Waals surface area (Å²) in [5.74, 6) is 0.383. The van der Waals surface area contributed by atoms with Crippen LogP contribution in [0.3, 0.4) is 0 Å². The Hall–Kier alpha value is -3.92. The zero-order chi connectivity index (χ0) is 23.3. The maximum Gasteiger partial charge on any atom is 0.127 e. The van der Waals surface area contributed by atoms with E-state index in [1.54, 1.807) is 24.6 Å². The molecule has 0 radical (unpaired) electrons. The molecule has 0 bridgehead atoms. The van der Waals surface area contributed by atoms with Crippen LogP contribution in [0.15, 0.2) is 97.3 Å². The molecule has 0 unspecified atom stereocenters. The van der Waals surface area contributed by atoms with Crippen LogP contribution in [0.2, 0.25) is 0 Å². The van der Waals surface area contributed by atoms with Gasteiger partial charge in [0.05, 0.1) is 0 Å². The summed E-state index contributed by atoms with van der Waals surface area (Å²) in [6, 6.07) is 7.66. The first kappa shape index (κ1) is 24.4. The number of nitrogens with zero attached hydrogens (tertiary/aromatic N) is 2. The van der Waals surface area contributed by atoms with Crippen molar-refractivity contribution in [1.82, 2.24) is 0 Å². The van der Waals surface area contributed by atoms with E-state index < -0.39 is 0 Å². The van der Waals surface area contributed by atoms with Crippen molar-refractivity contribution < 1.29 is 10.2 Å². The van der Waals surface area contributed by atoms with E-state index in [2.05, 4.69) is 36.3 Å². The Bertz CT molecular complexity index is 990. The number of hydrogen-bond acceptors (Lipinski definition) is 4. The highest BCUT2D eigenvalue weighted by molar-refractivity contribution is 5.86. The van der Waals surface area contributed by atoms with Crippen LogP contribution in [-0.4, -0.2) is 22.6 Å². The Morgan fingerprint density at radius 3 is 1.31 bits per heavy atom. The quantitative estimate of drug-likeness (QED) is 0.322. The lowest BCUT2D eigenvalue weighted by atomic mass is 10.0. The molecule has 0 aliphatic heterocycles. The van der Waals surface area contributed by atoms with Crippen molar-refractivity contribution >= 4 is 12.4 Å². The lowest BCUT2D eigenvalue weighted by Gasteiger charge is -2.08. The van der Waals surface area contributed by atoms with Crippen LogP contribution >= 0.6 is 0 Å². The summed E-state index contributed by atoms with van der Waals surface area (Å²) < 4.78 is 0. The van der Waals surface area contributed by atoms with Crippen LogP contribution in [0.25, 0.3) is 0 Å². The molecule has 0 atom stereocenters. The van der Waals surface area contributed by atoms with E-state index in [-0.39, 0.29) is 11.5 Å². The molecule has 0 spiro atoms. The highest BCUT2D eigenvalue weighted by Crippen LogP contribution is 2.26. The number of allylic oxidation sites excluding steroid dienone is 4. The van der Waals surface area contributed by atoms with Crippen molar-refractivity contribution in [3.63, 3.8) is 0 Å². The minimum absolute atomic E-state index is 0.192. The van der Waals surface area contributed by atoms with Crippen LogP contribution in [0.5, 0.6) is 11.5 Å². The Morgan fingerprint density at radius 2 is 0.969 bits per heavy atom. The minimum atomic E-state index is 0.192. The lowest BCUT2D eigenvalue weighted by Crippen LogP contribution is -1.94. The van der Waals surface area contributed by atoms with Crippen molar-refractivity contribution in [2.45, 2.75) is 25.7 Å². The average Bonchev–Trinajstić information content (AvgIpc) is 2.77. The van der Waals surface area contributed by atoms with Gasteiger partial charge in [-0.15, -0.1) is 26.3 Å². The average molecular weight is 427 g/mol. The first-order valence-corrected chi connectivity index (χ1v) is 10.4. The molecule has 2 aromatic rings. The largest absolute Gasteiger partial charge is 0.507 e. The number of aliphatic imine (C=N–C) groups is 2. The third-order valence-corrected chi connectivity index (χ3v) is 4.71. The number of hydrogen-bond donors (Lipinski definition) is 2. The van der Waals surface area contributed by atoms with Crippen LogP contribution in [0.1, 0.15) is 33.4 Å². The molecular weight excluding hydrogens is 396 g/mol. The second kappa shape index (κ2) is 12.7. The number of rotatable bonds is 12. The fraction of sp³-hybridized carbons (Fsp3) is 0.143. The molecule has 2 rings (SSSR count). The van der Waals surface area contributed by atoms with Gasteiger partial charge in [-0.3, -0.25) is 9.98 Å². The van der Waals surface area contributed by atoms with Gasteiger partial charge in [0.15, 0.2) is 0 Å². The number of benzene rings is 2. The number of phenolic OH excluding ortho intramolecular Hbond substituents is 2. The Kier molecular flexibility index (Phi) is 9.67. The predicted molar refractivity (Wildman–Crippen MR) is 136 cm³/mol. The van der Waals surface area contributed by atoms with E-state index in [1.165, 1.54) is 12.4 Å². The van der Waals surface area contributed by atoms with Crippen LogP contribution < -0.4 is 0 Å². The van der Waals surface area contributed by atoms with E-state index in [0.717, 1.165) is 22.3 Å². The zero-order valence-electron chi connectivity index (χ0n) is 18.4. The van der Waals surface area contributed by atoms with Crippen molar-refractivity contribution in [1.29, 1.82) is 0 Å². The molecule has 0 aliphatic rings. The molecule has 4 heteroatoms. The summed E-state index contributed by atoms with van der Waals surface area (Å²) in [5, 5.41) is 20.9. The highest BCUT2D eigenvalue weighted by atomic mass is 16.3. The predicted octanol–water partition coefficient (Wildman–Crippen LogP) is 6.02. The minimum Gasteiger partial charge on any atom is -0.507 e. The normalized spacial score (nSPS) is 11.4. The van der Waals surface area contributed by atoms with E-state index in [1.807, 2.05) is 36.4 Å². The zero-order valence-corrected chi connectivity index (χ0v) is 18.4. The Labute approximate surface area is 190 Å². The lowest BCUT2D eigenvalue weighted by molar-refractivity contribution is 0.468. The first-order chi connectivity index (χ1) is 15.5. The molecule has 0 aliphatic carbocycles. The maximum absolute atomic E-state index is 10.5. The van der Waals surface area contributed by atoms with Crippen LogP contribution in [0, 0.1) is 0 Å². The van der Waals surface area contributed by atoms with Crippen molar-refractivity contribution in [2.24, 2.45) is 9.98 Å². The molecule has 0 aromatic heterocycles. The summed E-state index contributed by atoms with van der Waals surface area (Å²) in [4.78, 5) is 8.47. The van der Waals surface area contributed by atoms with Crippen molar-refractivity contribution in [3.8, 4) is 11.5 Å². The van der Waals surface area contributed by atoms with Gasteiger partial charge < -0.3 is 10.2 Å². The summed E-state index contributed by atoms with van der Waals surface area (Å²) >= 11 is 0. The fourth-order valence-corrected chi connectivity index (χ4v) is 3.29. The first-order valence-electron chi connectivity index (χ1n) is 10.4. The van der Waals surface area contributed by atoms with Crippen molar-refractivity contribution in [3.05, 3.63) is 121 Å². The topological polar surface area (TPSA) is 65.2 Å². The van der Waals surface area contributed by atoms with Gasteiger partial charge in [0.25, 0.3) is 0 Å². The van der Waals surface area contributed by atoms with Gasteiger partial charge in [-0.2, -0.15) is 0 Å². The van der Waals surface area contributed by atoms with E-state index >= 15 is 0 Å². The molecule has 2 N–H and O–H groups in total. The van der Waals surface area contributed by atoms with Gasteiger partial charge in [0, 0.05) is 36.0 Å². The van der Waals surface area contributed by atoms with Crippen molar-refractivity contribution in [2.75, 3.05) is 0 Å². The molecule has 0 saturated carbocycles. The van der Waals surface area contributed by atoms with Gasteiger partial charge in [-0.25, -0.2) is 0 Å².